The Hall–Kier alpha value is -1.76. The van der Waals surface area contributed by atoms with Crippen LogP contribution in [-0.2, 0) is 6.42 Å². The maximum absolute atomic E-state index is 9.44. The second kappa shape index (κ2) is 4.18. The quantitative estimate of drug-likeness (QED) is 0.727. The molecule has 0 aliphatic heterocycles. The Labute approximate surface area is 89.7 Å². The van der Waals surface area contributed by atoms with E-state index in [4.69, 9.17) is 0 Å². The molecule has 0 atom stereocenters. The van der Waals surface area contributed by atoms with Crippen molar-refractivity contribution in [3.8, 4) is 0 Å². The molecule has 0 saturated carbocycles. The largest absolute Gasteiger partial charge is 0.512 e. The van der Waals surface area contributed by atoms with Gasteiger partial charge in [0, 0.05) is 6.42 Å². The molecule has 0 heterocycles. The van der Waals surface area contributed by atoms with Gasteiger partial charge in [-0.05, 0) is 29.3 Å². The number of hydrogen-bond acceptors (Lipinski definition) is 1. The van der Waals surface area contributed by atoms with Crippen LogP contribution < -0.4 is 0 Å². The van der Waals surface area contributed by atoms with Crippen molar-refractivity contribution in [1.82, 2.24) is 0 Å². The van der Waals surface area contributed by atoms with Gasteiger partial charge in [0.1, 0.15) is 0 Å². The molecule has 2 aromatic carbocycles. The van der Waals surface area contributed by atoms with E-state index >= 15 is 0 Å². The van der Waals surface area contributed by atoms with Crippen molar-refractivity contribution in [2.45, 2.75) is 13.3 Å². The summed E-state index contributed by atoms with van der Waals surface area (Å²) in [5.41, 5.74) is 1.14. The van der Waals surface area contributed by atoms with Gasteiger partial charge in [0.05, 0.1) is 5.76 Å². The van der Waals surface area contributed by atoms with Crippen molar-refractivity contribution in [1.29, 1.82) is 0 Å². The van der Waals surface area contributed by atoms with Crippen LogP contribution in [0.4, 0.5) is 0 Å². The minimum atomic E-state index is 0.422. The molecule has 0 aromatic heterocycles. The fourth-order valence-corrected chi connectivity index (χ4v) is 1.66. The van der Waals surface area contributed by atoms with Crippen molar-refractivity contribution in [3.63, 3.8) is 0 Å². The Morgan fingerprint density at radius 3 is 2.60 bits per heavy atom. The van der Waals surface area contributed by atoms with E-state index < -0.39 is 0 Å². The summed E-state index contributed by atoms with van der Waals surface area (Å²) in [6.07, 6.45) is 2.34. The minimum Gasteiger partial charge on any atom is -0.512 e. The van der Waals surface area contributed by atoms with E-state index in [2.05, 4.69) is 30.3 Å². The van der Waals surface area contributed by atoms with E-state index in [9.17, 15) is 5.11 Å². The molecule has 0 bridgehead atoms. The van der Waals surface area contributed by atoms with Gasteiger partial charge in [-0.1, -0.05) is 42.5 Å². The van der Waals surface area contributed by atoms with E-state index in [1.807, 2.05) is 19.1 Å². The van der Waals surface area contributed by atoms with Gasteiger partial charge >= 0.3 is 0 Å². The van der Waals surface area contributed by atoms with Gasteiger partial charge in [0.15, 0.2) is 0 Å². The van der Waals surface area contributed by atoms with Gasteiger partial charge in [-0.15, -0.1) is 0 Å². The standard InChI is InChI=1S/C14H14O/c1-2-14(15)10-11-7-8-12-5-3-4-6-13(12)9-11/h2-9,15H,10H2,1H3. The normalized spacial score (nSPS) is 11.9. The van der Waals surface area contributed by atoms with Gasteiger partial charge in [-0.2, -0.15) is 0 Å². The van der Waals surface area contributed by atoms with Gasteiger partial charge in [-0.3, -0.25) is 0 Å². The highest BCUT2D eigenvalue weighted by Crippen LogP contribution is 2.17. The Balaban J connectivity index is 2.39. The summed E-state index contributed by atoms with van der Waals surface area (Å²) in [5.74, 6) is 0.422. The molecule has 0 saturated heterocycles. The number of hydrogen-bond donors (Lipinski definition) is 1. The lowest BCUT2D eigenvalue weighted by atomic mass is 10.0. The first-order valence-corrected chi connectivity index (χ1v) is 5.11. The molecule has 0 aliphatic rings. The monoisotopic (exact) mass is 198 g/mol. The molecule has 0 aliphatic carbocycles. The van der Waals surface area contributed by atoms with Crippen LogP contribution in [0.25, 0.3) is 10.8 Å². The average molecular weight is 198 g/mol. The molecule has 76 valence electrons. The molecular formula is C14H14O. The highest BCUT2D eigenvalue weighted by atomic mass is 16.3. The van der Waals surface area contributed by atoms with Crippen LogP contribution in [-0.4, -0.2) is 5.11 Å². The molecule has 1 heteroatoms. The fourth-order valence-electron chi connectivity index (χ4n) is 1.66. The summed E-state index contributed by atoms with van der Waals surface area (Å²) < 4.78 is 0. The van der Waals surface area contributed by atoms with Crippen LogP contribution in [0.5, 0.6) is 0 Å². The van der Waals surface area contributed by atoms with Crippen molar-refractivity contribution < 1.29 is 5.11 Å². The molecule has 0 fully saturated rings. The third-order valence-corrected chi connectivity index (χ3v) is 2.53. The maximum Gasteiger partial charge on any atom is 0.0923 e. The Kier molecular flexibility index (Phi) is 2.72. The molecule has 1 nitrogen and oxygen atoms in total. The number of fused-ring (bicyclic) bond motifs is 1. The van der Waals surface area contributed by atoms with Crippen LogP contribution in [0.3, 0.4) is 0 Å². The van der Waals surface area contributed by atoms with E-state index in [1.165, 1.54) is 10.8 Å². The maximum atomic E-state index is 9.44. The second-order valence-electron chi connectivity index (χ2n) is 3.64. The van der Waals surface area contributed by atoms with Crippen LogP contribution in [0, 0.1) is 0 Å². The third kappa shape index (κ3) is 2.18. The first kappa shape index (κ1) is 9.78. The molecule has 0 amide bonds. The van der Waals surface area contributed by atoms with Gasteiger partial charge in [-0.25, -0.2) is 0 Å². The number of benzene rings is 2. The first-order chi connectivity index (χ1) is 7.29. The Bertz CT molecular complexity index is 497. The van der Waals surface area contributed by atoms with E-state index in [-0.39, 0.29) is 0 Å². The summed E-state index contributed by atoms with van der Waals surface area (Å²) in [5, 5.41) is 11.9. The molecule has 0 unspecified atom stereocenters. The topological polar surface area (TPSA) is 20.2 Å². The third-order valence-electron chi connectivity index (χ3n) is 2.53. The lowest BCUT2D eigenvalue weighted by Gasteiger charge is -2.03. The first-order valence-electron chi connectivity index (χ1n) is 5.11. The molecule has 0 radical (unpaired) electrons. The van der Waals surface area contributed by atoms with Crippen molar-refractivity contribution in [2.75, 3.05) is 0 Å². The summed E-state index contributed by atoms with van der Waals surface area (Å²) >= 11 is 0. The summed E-state index contributed by atoms with van der Waals surface area (Å²) in [7, 11) is 0. The highest BCUT2D eigenvalue weighted by molar-refractivity contribution is 5.83. The van der Waals surface area contributed by atoms with Crippen LogP contribution in [0.2, 0.25) is 0 Å². The predicted octanol–water partition coefficient (Wildman–Crippen LogP) is 3.84. The molecular weight excluding hydrogens is 184 g/mol. The number of aliphatic hydroxyl groups excluding tert-OH is 1. The van der Waals surface area contributed by atoms with Gasteiger partial charge in [0.2, 0.25) is 0 Å². The van der Waals surface area contributed by atoms with Crippen LogP contribution >= 0.6 is 0 Å². The number of aliphatic hydroxyl groups is 1. The zero-order valence-corrected chi connectivity index (χ0v) is 8.77. The highest BCUT2D eigenvalue weighted by Gasteiger charge is 1.98. The minimum absolute atomic E-state index is 0.422. The number of rotatable bonds is 2. The molecule has 2 rings (SSSR count). The summed E-state index contributed by atoms with van der Waals surface area (Å²) in [6, 6.07) is 14.5. The average Bonchev–Trinajstić information content (AvgIpc) is 2.29. The molecule has 0 spiro atoms. The summed E-state index contributed by atoms with van der Waals surface area (Å²) in [6.45, 7) is 1.84. The zero-order valence-electron chi connectivity index (χ0n) is 8.77. The van der Waals surface area contributed by atoms with Crippen molar-refractivity contribution in [2.24, 2.45) is 0 Å². The fraction of sp³-hybridized carbons (Fsp3) is 0.143. The molecule has 2 aromatic rings. The zero-order chi connectivity index (χ0) is 10.7. The lowest BCUT2D eigenvalue weighted by Crippen LogP contribution is -1.88. The Morgan fingerprint density at radius 1 is 1.13 bits per heavy atom. The van der Waals surface area contributed by atoms with Gasteiger partial charge < -0.3 is 5.11 Å². The smallest absolute Gasteiger partial charge is 0.0923 e. The van der Waals surface area contributed by atoms with Crippen LogP contribution in [0.1, 0.15) is 12.5 Å². The van der Waals surface area contributed by atoms with Gasteiger partial charge in [0.25, 0.3) is 0 Å². The lowest BCUT2D eigenvalue weighted by molar-refractivity contribution is 0.397. The number of allylic oxidation sites excluding steroid dienone is 2. The molecule has 15 heavy (non-hydrogen) atoms. The molecule has 1 N–H and O–H groups in total. The second-order valence-corrected chi connectivity index (χ2v) is 3.64. The van der Waals surface area contributed by atoms with E-state index in [0.29, 0.717) is 12.2 Å². The predicted molar refractivity (Wildman–Crippen MR) is 64.0 cm³/mol. The SMILES string of the molecule is CC=C(O)Cc1ccc2ccccc2c1. The van der Waals surface area contributed by atoms with Crippen molar-refractivity contribution in [3.05, 3.63) is 59.9 Å². The summed E-state index contributed by atoms with van der Waals surface area (Å²) in [4.78, 5) is 0. The van der Waals surface area contributed by atoms with E-state index in [0.717, 1.165) is 5.56 Å². The Morgan fingerprint density at radius 2 is 1.87 bits per heavy atom. The van der Waals surface area contributed by atoms with Crippen LogP contribution in [0.15, 0.2) is 54.3 Å². The van der Waals surface area contributed by atoms with Crippen molar-refractivity contribution >= 4 is 10.8 Å². The van der Waals surface area contributed by atoms with E-state index in [1.54, 1.807) is 6.08 Å².